The van der Waals surface area contributed by atoms with Crippen molar-refractivity contribution in [2.24, 2.45) is 0 Å². The van der Waals surface area contributed by atoms with Crippen LogP contribution < -0.4 is 10.1 Å². The Morgan fingerprint density at radius 2 is 2.19 bits per heavy atom. The number of nitrogens with one attached hydrogen (secondary N) is 1. The summed E-state index contributed by atoms with van der Waals surface area (Å²) in [4.78, 5) is 14.3. The Morgan fingerprint density at radius 3 is 2.81 bits per heavy atom. The SMILES string of the molecule is COc1ccc([C@](C)(O)[C@@H]2CCCN2CC(=O)Nc2cc(C)no2)cc1. The van der Waals surface area contributed by atoms with E-state index >= 15 is 0 Å². The summed E-state index contributed by atoms with van der Waals surface area (Å²) in [6.07, 6.45) is 1.76. The molecule has 0 saturated carbocycles. The van der Waals surface area contributed by atoms with E-state index in [-0.39, 0.29) is 18.5 Å². The number of carbonyl (C=O) groups excluding carboxylic acids is 1. The van der Waals surface area contributed by atoms with E-state index in [0.717, 1.165) is 30.7 Å². The number of methoxy groups -OCH3 is 1. The Labute approximate surface area is 152 Å². The van der Waals surface area contributed by atoms with Crippen LogP contribution in [0.3, 0.4) is 0 Å². The molecule has 2 aromatic rings. The Hall–Kier alpha value is -2.38. The van der Waals surface area contributed by atoms with Crippen molar-refractivity contribution >= 4 is 11.8 Å². The summed E-state index contributed by atoms with van der Waals surface area (Å²) in [5.41, 5.74) is 0.453. The predicted octanol–water partition coefficient (Wildman–Crippen LogP) is 2.30. The van der Waals surface area contributed by atoms with Crippen LogP contribution in [0.15, 0.2) is 34.9 Å². The Bertz CT molecular complexity index is 754. The number of hydrogen-bond acceptors (Lipinski definition) is 6. The lowest BCUT2D eigenvalue weighted by molar-refractivity contribution is -0.119. The molecule has 1 aliphatic rings. The fourth-order valence-electron chi connectivity index (χ4n) is 3.56. The molecule has 0 aliphatic carbocycles. The van der Waals surface area contributed by atoms with Crippen molar-refractivity contribution in [1.82, 2.24) is 10.1 Å². The number of aromatic nitrogens is 1. The Balaban J connectivity index is 1.68. The first kappa shape index (κ1) is 18.4. The van der Waals surface area contributed by atoms with E-state index in [0.29, 0.717) is 11.6 Å². The third-order valence-corrected chi connectivity index (χ3v) is 4.92. The van der Waals surface area contributed by atoms with Crippen LogP contribution in [-0.2, 0) is 10.4 Å². The highest BCUT2D eigenvalue weighted by Crippen LogP contribution is 2.35. The number of hydrogen-bond donors (Lipinski definition) is 2. The standard InChI is InChI=1S/C19H25N3O4/c1-13-11-18(26-21-13)20-17(23)12-22-10-4-5-16(22)19(2,24)14-6-8-15(25-3)9-7-14/h6-9,11,16,24H,4-5,10,12H2,1-3H3,(H,20,23)/t16-,19-/m0/s1. The quantitative estimate of drug-likeness (QED) is 0.823. The lowest BCUT2D eigenvalue weighted by atomic mass is 9.86. The van der Waals surface area contributed by atoms with E-state index in [4.69, 9.17) is 9.26 Å². The van der Waals surface area contributed by atoms with E-state index in [2.05, 4.69) is 10.5 Å². The maximum Gasteiger partial charge on any atom is 0.240 e. The molecule has 0 radical (unpaired) electrons. The average molecular weight is 359 g/mol. The minimum atomic E-state index is -1.06. The topological polar surface area (TPSA) is 87.8 Å². The van der Waals surface area contributed by atoms with Crippen molar-refractivity contribution < 1.29 is 19.2 Å². The van der Waals surface area contributed by atoms with Gasteiger partial charge in [0, 0.05) is 12.1 Å². The smallest absolute Gasteiger partial charge is 0.240 e. The van der Waals surface area contributed by atoms with E-state index in [1.54, 1.807) is 27.0 Å². The zero-order chi connectivity index (χ0) is 18.7. The van der Waals surface area contributed by atoms with Gasteiger partial charge in [0.2, 0.25) is 11.8 Å². The molecule has 1 saturated heterocycles. The number of amides is 1. The highest BCUT2D eigenvalue weighted by molar-refractivity contribution is 5.91. The van der Waals surface area contributed by atoms with Crippen LogP contribution in [0.25, 0.3) is 0 Å². The molecule has 7 nitrogen and oxygen atoms in total. The molecule has 140 valence electrons. The van der Waals surface area contributed by atoms with Gasteiger partial charge in [-0.2, -0.15) is 0 Å². The molecule has 2 heterocycles. The number of benzene rings is 1. The summed E-state index contributed by atoms with van der Waals surface area (Å²) in [6.45, 7) is 4.55. The second kappa shape index (κ2) is 7.47. The number of carbonyl (C=O) groups is 1. The van der Waals surface area contributed by atoms with Gasteiger partial charge >= 0.3 is 0 Å². The zero-order valence-corrected chi connectivity index (χ0v) is 15.4. The largest absolute Gasteiger partial charge is 0.497 e. The van der Waals surface area contributed by atoms with Crippen molar-refractivity contribution in [3.8, 4) is 5.75 Å². The monoisotopic (exact) mass is 359 g/mol. The minimum Gasteiger partial charge on any atom is -0.497 e. The van der Waals surface area contributed by atoms with Gasteiger partial charge in [-0.3, -0.25) is 15.0 Å². The molecule has 2 atom stereocenters. The summed E-state index contributed by atoms with van der Waals surface area (Å²) in [5, 5.41) is 17.6. The molecule has 2 N–H and O–H groups in total. The predicted molar refractivity (Wildman–Crippen MR) is 97.0 cm³/mol. The molecular formula is C19H25N3O4. The third kappa shape index (κ3) is 3.89. The van der Waals surface area contributed by atoms with Gasteiger partial charge in [-0.1, -0.05) is 17.3 Å². The fraction of sp³-hybridized carbons (Fsp3) is 0.474. The highest BCUT2D eigenvalue weighted by atomic mass is 16.5. The first-order valence-electron chi connectivity index (χ1n) is 8.74. The van der Waals surface area contributed by atoms with Crippen LogP contribution >= 0.6 is 0 Å². The molecule has 3 rings (SSSR count). The molecule has 7 heteroatoms. The normalized spacial score (nSPS) is 19.9. The zero-order valence-electron chi connectivity index (χ0n) is 15.4. The first-order valence-corrected chi connectivity index (χ1v) is 8.74. The second-order valence-electron chi connectivity index (χ2n) is 6.89. The van der Waals surface area contributed by atoms with Gasteiger partial charge in [-0.15, -0.1) is 0 Å². The van der Waals surface area contributed by atoms with E-state index in [1.165, 1.54) is 0 Å². The summed E-state index contributed by atoms with van der Waals surface area (Å²) >= 11 is 0. The van der Waals surface area contributed by atoms with Crippen LogP contribution in [-0.4, -0.2) is 47.3 Å². The number of aryl methyl sites for hydroxylation is 1. The maximum atomic E-state index is 12.3. The van der Waals surface area contributed by atoms with E-state index in [9.17, 15) is 9.90 Å². The van der Waals surface area contributed by atoms with E-state index < -0.39 is 5.60 Å². The molecule has 1 aromatic carbocycles. The Kier molecular flexibility index (Phi) is 5.29. The Morgan fingerprint density at radius 1 is 1.46 bits per heavy atom. The van der Waals surface area contributed by atoms with Gasteiger partial charge < -0.3 is 14.4 Å². The number of aliphatic hydroxyl groups is 1. The van der Waals surface area contributed by atoms with Gasteiger partial charge in [0.15, 0.2) is 0 Å². The van der Waals surface area contributed by atoms with Crippen LogP contribution in [0.5, 0.6) is 5.75 Å². The van der Waals surface area contributed by atoms with Crippen LogP contribution in [0, 0.1) is 6.92 Å². The molecule has 0 bridgehead atoms. The molecule has 1 aliphatic heterocycles. The van der Waals surface area contributed by atoms with Gasteiger partial charge in [-0.05, 0) is 50.9 Å². The summed E-state index contributed by atoms with van der Waals surface area (Å²) in [5.74, 6) is 0.901. The lowest BCUT2D eigenvalue weighted by Gasteiger charge is -2.36. The number of anilines is 1. The van der Waals surface area contributed by atoms with Gasteiger partial charge in [-0.25, -0.2) is 0 Å². The number of nitrogens with zero attached hydrogens (tertiary/aromatic N) is 2. The molecule has 0 unspecified atom stereocenters. The fourth-order valence-corrected chi connectivity index (χ4v) is 3.56. The molecular weight excluding hydrogens is 334 g/mol. The van der Waals surface area contributed by atoms with Crippen LogP contribution in [0.2, 0.25) is 0 Å². The third-order valence-electron chi connectivity index (χ3n) is 4.92. The van der Waals surface area contributed by atoms with Crippen molar-refractivity contribution in [2.75, 3.05) is 25.5 Å². The average Bonchev–Trinajstić information content (AvgIpc) is 3.24. The van der Waals surface area contributed by atoms with Gasteiger partial charge in [0.25, 0.3) is 0 Å². The van der Waals surface area contributed by atoms with Gasteiger partial charge in [0.05, 0.1) is 19.3 Å². The van der Waals surface area contributed by atoms with Crippen molar-refractivity contribution in [3.63, 3.8) is 0 Å². The van der Waals surface area contributed by atoms with E-state index in [1.807, 2.05) is 29.2 Å². The van der Waals surface area contributed by atoms with Crippen molar-refractivity contribution in [1.29, 1.82) is 0 Å². The molecule has 1 aromatic heterocycles. The number of rotatable bonds is 6. The summed E-state index contributed by atoms with van der Waals surface area (Å²) in [6, 6.07) is 8.94. The highest BCUT2D eigenvalue weighted by Gasteiger charge is 2.41. The summed E-state index contributed by atoms with van der Waals surface area (Å²) < 4.78 is 10.2. The van der Waals surface area contributed by atoms with Crippen molar-refractivity contribution in [3.05, 3.63) is 41.6 Å². The van der Waals surface area contributed by atoms with Crippen LogP contribution in [0.1, 0.15) is 31.0 Å². The lowest BCUT2D eigenvalue weighted by Crippen LogP contribution is -2.48. The molecule has 1 fully saturated rings. The van der Waals surface area contributed by atoms with Crippen molar-refractivity contribution in [2.45, 2.75) is 38.3 Å². The van der Waals surface area contributed by atoms with Gasteiger partial charge in [0.1, 0.15) is 11.4 Å². The number of ether oxygens (including phenoxy) is 1. The molecule has 0 spiro atoms. The molecule has 1 amide bonds. The second-order valence-corrected chi connectivity index (χ2v) is 6.89. The first-order chi connectivity index (χ1) is 12.4. The minimum absolute atomic E-state index is 0.141. The number of likely N-dealkylation sites (tertiary alicyclic amines) is 1. The maximum absolute atomic E-state index is 12.3. The van der Waals surface area contributed by atoms with Crippen LogP contribution in [0.4, 0.5) is 5.88 Å². The summed E-state index contributed by atoms with van der Waals surface area (Å²) in [7, 11) is 1.61. The molecule has 26 heavy (non-hydrogen) atoms.